The SMILES string of the molecule is CCOC(=O)c1cnn(-c2cccc(NC(=O)C3CCCCC3(C)N)c2)c1C.Cl. The van der Waals surface area contributed by atoms with Crippen molar-refractivity contribution < 1.29 is 14.3 Å². The van der Waals surface area contributed by atoms with Crippen LogP contribution in [0.5, 0.6) is 0 Å². The third-order valence-corrected chi connectivity index (χ3v) is 5.43. The number of benzene rings is 1. The maximum atomic E-state index is 12.8. The molecule has 0 aliphatic heterocycles. The molecule has 1 aromatic carbocycles. The summed E-state index contributed by atoms with van der Waals surface area (Å²) in [5.41, 5.74) is 8.42. The third-order valence-electron chi connectivity index (χ3n) is 5.43. The number of hydrogen-bond donors (Lipinski definition) is 2. The number of ether oxygens (including phenoxy) is 1. The molecule has 1 amide bonds. The monoisotopic (exact) mass is 420 g/mol. The van der Waals surface area contributed by atoms with Crippen molar-refractivity contribution in [2.45, 2.75) is 52.0 Å². The molecule has 1 heterocycles. The fourth-order valence-corrected chi connectivity index (χ4v) is 3.81. The van der Waals surface area contributed by atoms with Crippen LogP contribution >= 0.6 is 12.4 Å². The second-order valence-electron chi connectivity index (χ2n) is 7.62. The Morgan fingerprint density at radius 3 is 2.83 bits per heavy atom. The van der Waals surface area contributed by atoms with Crippen LogP contribution < -0.4 is 11.1 Å². The number of carbonyl (C=O) groups excluding carboxylic acids is 2. The molecule has 29 heavy (non-hydrogen) atoms. The first-order valence-electron chi connectivity index (χ1n) is 9.75. The highest BCUT2D eigenvalue weighted by Crippen LogP contribution is 2.32. The van der Waals surface area contributed by atoms with E-state index in [2.05, 4.69) is 10.4 Å². The maximum Gasteiger partial charge on any atom is 0.341 e. The highest BCUT2D eigenvalue weighted by Gasteiger charge is 2.37. The predicted octanol–water partition coefficient (Wildman–Crippen LogP) is 3.63. The fraction of sp³-hybridized carbons (Fsp3) is 0.476. The predicted molar refractivity (Wildman–Crippen MR) is 115 cm³/mol. The van der Waals surface area contributed by atoms with Crippen molar-refractivity contribution in [1.29, 1.82) is 0 Å². The maximum absolute atomic E-state index is 12.8. The molecule has 0 bridgehead atoms. The Labute approximate surface area is 177 Å². The Balaban J connectivity index is 0.00000300. The molecule has 2 atom stereocenters. The summed E-state index contributed by atoms with van der Waals surface area (Å²) in [7, 11) is 0. The number of halogens is 1. The van der Waals surface area contributed by atoms with Gasteiger partial charge in [0, 0.05) is 11.2 Å². The number of nitrogens with one attached hydrogen (secondary N) is 1. The van der Waals surface area contributed by atoms with Crippen LogP contribution in [0, 0.1) is 12.8 Å². The van der Waals surface area contributed by atoms with Gasteiger partial charge in [0.2, 0.25) is 5.91 Å². The van der Waals surface area contributed by atoms with Crippen molar-refractivity contribution in [1.82, 2.24) is 9.78 Å². The second kappa shape index (κ2) is 9.41. The molecule has 1 aliphatic carbocycles. The van der Waals surface area contributed by atoms with E-state index in [0.29, 0.717) is 23.6 Å². The van der Waals surface area contributed by atoms with Crippen LogP contribution in [-0.2, 0) is 9.53 Å². The minimum Gasteiger partial charge on any atom is -0.462 e. The van der Waals surface area contributed by atoms with E-state index in [1.54, 1.807) is 11.6 Å². The Morgan fingerprint density at radius 2 is 2.14 bits per heavy atom. The molecular formula is C21H29ClN4O3. The van der Waals surface area contributed by atoms with E-state index in [-0.39, 0.29) is 24.2 Å². The summed E-state index contributed by atoms with van der Waals surface area (Å²) >= 11 is 0. The zero-order valence-electron chi connectivity index (χ0n) is 17.1. The van der Waals surface area contributed by atoms with Crippen molar-refractivity contribution in [3.05, 3.63) is 41.7 Å². The summed E-state index contributed by atoms with van der Waals surface area (Å²) in [6.07, 6.45) is 5.25. The van der Waals surface area contributed by atoms with Gasteiger partial charge < -0.3 is 15.8 Å². The second-order valence-corrected chi connectivity index (χ2v) is 7.62. The van der Waals surface area contributed by atoms with E-state index in [9.17, 15) is 9.59 Å². The summed E-state index contributed by atoms with van der Waals surface area (Å²) in [6.45, 7) is 5.85. The average molecular weight is 421 g/mol. The van der Waals surface area contributed by atoms with Crippen LogP contribution in [0.2, 0.25) is 0 Å². The first-order valence-corrected chi connectivity index (χ1v) is 9.75. The zero-order valence-corrected chi connectivity index (χ0v) is 17.9. The van der Waals surface area contributed by atoms with Crippen molar-refractivity contribution in [3.63, 3.8) is 0 Å². The van der Waals surface area contributed by atoms with E-state index >= 15 is 0 Å². The quantitative estimate of drug-likeness (QED) is 0.719. The number of rotatable bonds is 5. The number of nitrogens with zero attached hydrogens (tertiary/aromatic N) is 2. The summed E-state index contributed by atoms with van der Waals surface area (Å²) < 4.78 is 6.72. The fourth-order valence-electron chi connectivity index (χ4n) is 3.81. The normalized spacial score (nSPS) is 21.2. The van der Waals surface area contributed by atoms with Crippen molar-refractivity contribution in [3.8, 4) is 5.69 Å². The Hall–Kier alpha value is -2.38. The lowest BCUT2D eigenvalue weighted by atomic mass is 9.74. The standard InChI is InChI=1S/C21H28N4O3.ClH/c1-4-28-20(27)17-13-23-25(14(17)2)16-9-7-8-15(12-16)24-19(26)18-10-5-6-11-21(18,3)22;/h7-9,12-13,18H,4-6,10-11,22H2,1-3H3,(H,24,26);1H. The van der Waals surface area contributed by atoms with Crippen LogP contribution in [0.25, 0.3) is 5.69 Å². The largest absolute Gasteiger partial charge is 0.462 e. The number of amides is 1. The van der Waals surface area contributed by atoms with Gasteiger partial charge >= 0.3 is 5.97 Å². The summed E-state index contributed by atoms with van der Waals surface area (Å²) in [5.74, 6) is -0.645. The molecule has 1 saturated carbocycles. The van der Waals surface area contributed by atoms with Crippen molar-refractivity contribution in [2.24, 2.45) is 11.7 Å². The van der Waals surface area contributed by atoms with Crippen LogP contribution in [0.4, 0.5) is 5.69 Å². The highest BCUT2D eigenvalue weighted by atomic mass is 35.5. The van der Waals surface area contributed by atoms with Gasteiger partial charge in [-0.15, -0.1) is 12.4 Å². The molecule has 2 aromatic rings. The van der Waals surface area contributed by atoms with E-state index in [0.717, 1.165) is 31.4 Å². The van der Waals surface area contributed by atoms with Crippen LogP contribution in [-0.4, -0.2) is 33.8 Å². The van der Waals surface area contributed by atoms with Crippen LogP contribution in [0.1, 0.15) is 55.6 Å². The molecule has 1 aliphatic rings. The minimum atomic E-state index is -0.479. The summed E-state index contributed by atoms with van der Waals surface area (Å²) in [4.78, 5) is 24.8. The molecule has 0 saturated heterocycles. The molecule has 8 heteroatoms. The van der Waals surface area contributed by atoms with Gasteiger partial charge in [0.15, 0.2) is 0 Å². The Kier molecular flexibility index (Phi) is 7.43. The van der Waals surface area contributed by atoms with Gasteiger partial charge in [-0.05, 0) is 51.8 Å². The minimum absolute atomic E-state index is 0. The molecular weight excluding hydrogens is 392 g/mol. The van der Waals surface area contributed by atoms with Crippen molar-refractivity contribution >= 4 is 30.0 Å². The number of hydrogen-bond acceptors (Lipinski definition) is 5. The lowest BCUT2D eigenvalue weighted by Crippen LogP contribution is -2.51. The molecule has 2 unspecified atom stereocenters. The van der Waals surface area contributed by atoms with E-state index in [1.807, 2.05) is 38.1 Å². The Morgan fingerprint density at radius 1 is 1.38 bits per heavy atom. The highest BCUT2D eigenvalue weighted by molar-refractivity contribution is 5.94. The first-order chi connectivity index (χ1) is 13.3. The van der Waals surface area contributed by atoms with Gasteiger partial charge in [0.1, 0.15) is 5.56 Å². The molecule has 3 N–H and O–H groups in total. The number of esters is 1. The number of nitrogens with two attached hydrogens (primary N) is 1. The van der Waals surface area contributed by atoms with Crippen molar-refractivity contribution in [2.75, 3.05) is 11.9 Å². The Bertz CT molecular complexity index is 879. The average Bonchev–Trinajstić information content (AvgIpc) is 3.03. The first kappa shape index (κ1) is 22.9. The molecule has 0 radical (unpaired) electrons. The molecule has 3 rings (SSSR count). The third kappa shape index (κ3) is 4.97. The summed E-state index contributed by atoms with van der Waals surface area (Å²) in [5, 5.41) is 7.30. The lowest BCUT2D eigenvalue weighted by Gasteiger charge is -2.37. The topological polar surface area (TPSA) is 99.2 Å². The van der Waals surface area contributed by atoms with Gasteiger partial charge in [-0.2, -0.15) is 5.10 Å². The number of aromatic nitrogens is 2. The van der Waals surface area contributed by atoms with Crippen LogP contribution in [0.15, 0.2) is 30.5 Å². The van der Waals surface area contributed by atoms with E-state index < -0.39 is 11.5 Å². The van der Waals surface area contributed by atoms with Gasteiger partial charge in [0.05, 0.1) is 30.1 Å². The van der Waals surface area contributed by atoms with E-state index in [4.69, 9.17) is 10.5 Å². The molecule has 158 valence electrons. The number of anilines is 1. The van der Waals surface area contributed by atoms with Gasteiger partial charge in [-0.25, -0.2) is 9.48 Å². The lowest BCUT2D eigenvalue weighted by molar-refractivity contribution is -0.122. The molecule has 1 fully saturated rings. The molecule has 1 aromatic heterocycles. The van der Waals surface area contributed by atoms with Gasteiger partial charge in [-0.3, -0.25) is 4.79 Å². The van der Waals surface area contributed by atoms with Crippen LogP contribution in [0.3, 0.4) is 0 Å². The zero-order chi connectivity index (χ0) is 20.3. The van der Waals surface area contributed by atoms with Gasteiger partial charge in [0.25, 0.3) is 0 Å². The molecule has 0 spiro atoms. The smallest absolute Gasteiger partial charge is 0.341 e. The molecule has 7 nitrogen and oxygen atoms in total. The van der Waals surface area contributed by atoms with Gasteiger partial charge in [-0.1, -0.05) is 18.9 Å². The number of carbonyl (C=O) groups is 2. The summed E-state index contributed by atoms with van der Waals surface area (Å²) in [6, 6.07) is 7.39. The van der Waals surface area contributed by atoms with E-state index in [1.165, 1.54) is 6.20 Å².